The number of anilines is 1. The van der Waals surface area contributed by atoms with Crippen LogP contribution in [0.25, 0.3) is 0 Å². The lowest BCUT2D eigenvalue weighted by molar-refractivity contribution is 0.341. The van der Waals surface area contributed by atoms with Gasteiger partial charge in [0.25, 0.3) is 10.2 Å². The molecule has 1 aromatic rings. The molecule has 0 unspecified atom stereocenters. The summed E-state index contributed by atoms with van der Waals surface area (Å²) in [6, 6.07) is 3.77. The molecule has 1 saturated heterocycles. The largest absolute Gasteiger partial charge is 0.357 e. The molecule has 0 saturated carbocycles. The van der Waals surface area contributed by atoms with Gasteiger partial charge in [0.1, 0.15) is 5.82 Å². The molecule has 7 heteroatoms. The van der Waals surface area contributed by atoms with Gasteiger partial charge in [0.15, 0.2) is 0 Å². The Hall–Kier alpha value is -1.18. The first-order valence-electron chi connectivity index (χ1n) is 8.02. The third-order valence-corrected chi connectivity index (χ3v) is 5.58. The van der Waals surface area contributed by atoms with E-state index in [2.05, 4.69) is 28.5 Å². The first-order valence-corrected chi connectivity index (χ1v) is 9.46. The molecule has 1 aliphatic heterocycles. The Bertz CT molecular complexity index is 567. The van der Waals surface area contributed by atoms with Gasteiger partial charge in [0, 0.05) is 44.5 Å². The van der Waals surface area contributed by atoms with E-state index in [1.165, 1.54) is 0 Å². The molecule has 2 heterocycles. The van der Waals surface area contributed by atoms with Crippen LogP contribution < -0.4 is 9.62 Å². The van der Waals surface area contributed by atoms with E-state index in [1.54, 1.807) is 10.5 Å². The highest BCUT2D eigenvalue weighted by Gasteiger charge is 2.23. The Kier molecular flexibility index (Phi) is 6.16. The minimum absolute atomic E-state index is 0.276. The minimum atomic E-state index is -3.40. The summed E-state index contributed by atoms with van der Waals surface area (Å²) in [5.41, 5.74) is 0.909. The van der Waals surface area contributed by atoms with Crippen molar-refractivity contribution < 1.29 is 8.42 Å². The summed E-state index contributed by atoms with van der Waals surface area (Å²) in [7, 11) is -3.40. The standard InChI is InChI=1S/C15H26N4O2S/c1-3-18(4-2)15-14(9-8-10-16-15)13-17-22(20,21)19-11-6-5-7-12-19/h8-10,17H,3-7,11-13H2,1-2H3. The Morgan fingerprint density at radius 1 is 1.23 bits per heavy atom. The fourth-order valence-corrected chi connectivity index (χ4v) is 4.00. The van der Waals surface area contributed by atoms with Crippen LogP contribution in [0.5, 0.6) is 0 Å². The van der Waals surface area contributed by atoms with Crippen molar-refractivity contribution in [2.24, 2.45) is 0 Å². The SMILES string of the molecule is CCN(CC)c1ncccc1CNS(=O)(=O)N1CCCCC1. The maximum absolute atomic E-state index is 12.4. The summed E-state index contributed by atoms with van der Waals surface area (Å²) in [6.45, 7) is 7.34. The molecular weight excluding hydrogens is 300 g/mol. The number of hydrogen-bond donors (Lipinski definition) is 1. The second-order valence-corrected chi connectivity index (χ2v) is 7.20. The van der Waals surface area contributed by atoms with Crippen LogP contribution in [0.4, 0.5) is 5.82 Å². The highest BCUT2D eigenvalue weighted by atomic mass is 32.2. The minimum Gasteiger partial charge on any atom is -0.357 e. The van der Waals surface area contributed by atoms with E-state index in [0.29, 0.717) is 13.1 Å². The molecule has 0 atom stereocenters. The Morgan fingerprint density at radius 3 is 2.55 bits per heavy atom. The highest BCUT2D eigenvalue weighted by Crippen LogP contribution is 2.18. The summed E-state index contributed by atoms with van der Waals surface area (Å²) in [5.74, 6) is 0.855. The molecule has 1 aliphatic rings. The number of hydrogen-bond acceptors (Lipinski definition) is 4. The zero-order valence-electron chi connectivity index (χ0n) is 13.5. The second-order valence-electron chi connectivity index (χ2n) is 5.44. The van der Waals surface area contributed by atoms with E-state index in [1.807, 2.05) is 12.1 Å². The van der Waals surface area contributed by atoms with E-state index in [0.717, 1.165) is 43.7 Å². The highest BCUT2D eigenvalue weighted by molar-refractivity contribution is 7.87. The summed E-state index contributed by atoms with van der Waals surface area (Å²) in [6.07, 6.45) is 4.74. The lowest BCUT2D eigenvalue weighted by Gasteiger charge is -2.27. The summed E-state index contributed by atoms with van der Waals surface area (Å²) < 4.78 is 29.0. The predicted octanol–water partition coefficient (Wildman–Crippen LogP) is 1.75. The van der Waals surface area contributed by atoms with Crippen LogP contribution >= 0.6 is 0 Å². The average molecular weight is 326 g/mol. The average Bonchev–Trinajstić information content (AvgIpc) is 2.56. The van der Waals surface area contributed by atoms with Crippen LogP contribution in [0.15, 0.2) is 18.3 Å². The lowest BCUT2D eigenvalue weighted by atomic mass is 10.2. The molecule has 0 aliphatic carbocycles. The molecule has 0 radical (unpaired) electrons. The number of piperidine rings is 1. The van der Waals surface area contributed by atoms with Gasteiger partial charge in [-0.2, -0.15) is 17.4 Å². The van der Waals surface area contributed by atoms with Gasteiger partial charge in [-0.3, -0.25) is 0 Å². The maximum atomic E-state index is 12.4. The lowest BCUT2D eigenvalue weighted by Crippen LogP contribution is -2.43. The smallest absolute Gasteiger partial charge is 0.279 e. The van der Waals surface area contributed by atoms with Crippen LogP contribution in [0.2, 0.25) is 0 Å². The van der Waals surface area contributed by atoms with Gasteiger partial charge in [-0.15, -0.1) is 0 Å². The van der Waals surface area contributed by atoms with Gasteiger partial charge in [-0.05, 0) is 32.8 Å². The Morgan fingerprint density at radius 2 is 1.91 bits per heavy atom. The molecule has 1 N–H and O–H groups in total. The van der Waals surface area contributed by atoms with Crippen molar-refractivity contribution in [2.75, 3.05) is 31.1 Å². The summed E-state index contributed by atoms with van der Waals surface area (Å²) in [4.78, 5) is 6.54. The number of aromatic nitrogens is 1. The molecule has 1 fully saturated rings. The van der Waals surface area contributed by atoms with Crippen molar-refractivity contribution in [3.05, 3.63) is 23.9 Å². The zero-order valence-corrected chi connectivity index (χ0v) is 14.3. The summed E-state index contributed by atoms with van der Waals surface area (Å²) >= 11 is 0. The zero-order chi connectivity index (χ0) is 16.0. The third-order valence-electron chi connectivity index (χ3n) is 4.03. The first kappa shape index (κ1) is 17.2. The molecule has 0 bridgehead atoms. The van der Waals surface area contributed by atoms with Gasteiger partial charge >= 0.3 is 0 Å². The van der Waals surface area contributed by atoms with Gasteiger partial charge in [-0.25, -0.2) is 4.98 Å². The molecular formula is C15H26N4O2S. The van der Waals surface area contributed by atoms with Gasteiger partial charge in [0.05, 0.1) is 0 Å². The van der Waals surface area contributed by atoms with Crippen molar-refractivity contribution in [3.8, 4) is 0 Å². The molecule has 6 nitrogen and oxygen atoms in total. The topological polar surface area (TPSA) is 65.5 Å². The van der Waals surface area contributed by atoms with Crippen molar-refractivity contribution >= 4 is 16.0 Å². The van der Waals surface area contributed by atoms with Crippen LogP contribution in [0, 0.1) is 0 Å². The van der Waals surface area contributed by atoms with Gasteiger partial charge in [0.2, 0.25) is 0 Å². The Labute approximate surface area is 133 Å². The molecule has 0 amide bonds. The van der Waals surface area contributed by atoms with E-state index in [4.69, 9.17) is 0 Å². The molecule has 0 aromatic carbocycles. The quantitative estimate of drug-likeness (QED) is 0.829. The molecule has 22 heavy (non-hydrogen) atoms. The van der Waals surface area contributed by atoms with E-state index in [-0.39, 0.29) is 6.54 Å². The maximum Gasteiger partial charge on any atom is 0.279 e. The van der Waals surface area contributed by atoms with Crippen molar-refractivity contribution in [1.82, 2.24) is 14.0 Å². The van der Waals surface area contributed by atoms with Gasteiger partial charge in [-0.1, -0.05) is 12.5 Å². The van der Waals surface area contributed by atoms with E-state index >= 15 is 0 Å². The summed E-state index contributed by atoms with van der Waals surface area (Å²) in [5, 5.41) is 0. The first-order chi connectivity index (χ1) is 10.6. The number of nitrogens with one attached hydrogen (secondary N) is 1. The fourth-order valence-electron chi connectivity index (χ4n) is 2.74. The predicted molar refractivity (Wildman–Crippen MR) is 89.0 cm³/mol. The number of nitrogens with zero attached hydrogens (tertiary/aromatic N) is 3. The van der Waals surface area contributed by atoms with Crippen molar-refractivity contribution in [1.29, 1.82) is 0 Å². The molecule has 2 rings (SSSR count). The van der Waals surface area contributed by atoms with Crippen molar-refractivity contribution in [3.63, 3.8) is 0 Å². The van der Waals surface area contributed by atoms with Crippen LogP contribution in [0.3, 0.4) is 0 Å². The normalized spacial score (nSPS) is 16.6. The second kappa shape index (κ2) is 7.89. The third kappa shape index (κ3) is 4.18. The molecule has 0 spiro atoms. The molecule has 1 aromatic heterocycles. The van der Waals surface area contributed by atoms with E-state index < -0.39 is 10.2 Å². The van der Waals surface area contributed by atoms with Crippen LogP contribution in [0.1, 0.15) is 38.7 Å². The van der Waals surface area contributed by atoms with Crippen LogP contribution in [-0.4, -0.2) is 43.9 Å². The number of pyridine rings is 1. The Balaban J connectivity index is 2.08. The van der Waals surface area contributed by atoms with Gasteiger partial charge < -0.3 is 4.90 Å². The monoisotopic (exact) mass is 326 g/mol. The van der Waals surface area contributed by atoms with Crippen LogP contribution in [-0.2, 0) is 16.8 Å². The number of rotatable bonds is 7. The van der Waals surface area contributed by atoms with Crippen molar-refractivity contribution in [2.45, 2.75) is 39.7 Å². The van der Waals surface area contributed by atoms with E-state index in [9.17, 15) is 8.42 Å². The molecule has 124 valence electrons. The fraction of sp³-hybridized carbons (Fsp3) is 0.667.